The predicted octanol–water partition coefficient (Wildman–Crippen LogP) is 1.86. The van der Waals surface area contributed by atoms with Crippen LogP contribution in [0, 0.1) is 12.7 Å². The lowest BCUT2D eigenvalue weighted by Crippen LogP contribution is -2.62. The molecule has 2 unspecified atom stereocenters. The highest BCUT2D eigenvalue weighted by Gasteiger charge is 2.47. The van der Waals surface area contributed by atoms with E-state index in [0.717, 1.165) is 12.0 Å². The van der Waals surface area contributed by atoms with Gasteiger partial charge in [0.05, 0.1) is 5.69 Å². The summed E-state index contributed by atoms with van der Waals surface area (Å²) in [6, 6.07) is 3.66. The lowest BCUT2D eigenvalue weighted by Gasteiger charge is -2.40. The molecule has 0 saturated carbocycles. The smallest absolute Gasteiger partial charge is 0.250 e. The van der Waals surface area contributed by atoms with Gasteiger partial charge in [0.15, 0.2) is 0 Å². The van der Waals surface area contributed by atoms with Crippen molar-refractivity contribution in [3.05, 3.63) is 29.6 Å². The molecule has 2 aliphatic heterocycles. The zero-order chi connectivity index (χ0) is 14.4. The summed E-state index contributed by atoms with van der Waals surface area (Å²) < 4.78 is 14.1. The van der Waals surface area contributed by atoms with Crippen LogP contribution in [0.25, 0.3) is 0 Å². The van der Waals surface area contributed by atoms with Gasteiger partial charge in [-0.25, -0.2) is 4.39 Å². The minimum Gasteiger partial charge on any atom is -0.329 e. The molecule has 1 aromatic carbocycles. The second kappa shape index (κ2) is 4.58. The van der Waals surface area contributed by atoms with Gasteiger partial charge in [-0.1, -0.05) is 6.07 Å². The van der Waals surface area contributed by atoms with Gasteiger partial charge in [-0.05, 0) is 44.4 Å². The van der Waals surface area contributed by atoms with Crippen LogP contribution in [0.5, 0.6) is 0 Å². The number of nitrogens with zero attached hydrogens (tertiary/aromatic N) is 2. The predicted molar refractivity (Wildman–Crippen MR) is 72.8 cm³/mol. The second-order valence-corrected chi connectivity index (χ2v) is 5.53. The van der Waals surface area contributed by atoms with Crippen LogP contribution in [0.4, 0.5) is 10.1 Å². The molecule has 2 atom stereocenters. The number of carbonyl (C=O) groups is 2. The van der Waals surface area contributed by atoms with E-state index >= 15 is 0 Å². The van der Waals surface area contributed by atoms with Crippen molar-refractivity contribution >= 4 is 17.5 Å². The highest BCUT2D eigenvalue weighted by Crippen LogP contribution is 2.32. The number of piperazine rings is 1. The molecule has 1 aromatic rings. The summed E-state index contributed by atoms with van der Waals surface area (Å²) in [6.45, 7) is 4.08. The minimum absolute atomic E-state index is 0.0907. The second-order valence-electron chi connectivity index (χ2n) is 5.53. The third-order valence-corrected chi connectivity index (χ3v) is 4.17. The van der Waals surface area contributed by atoms with Gasteiger partial charge in [-0.3, -0.25) is 14.5 Å². The quantitative estimate of drug-likeness (QED) is 0.785. The average molecular weight is 276 g/mol. The Hall–Kier alpha value is -1.91. The van der Waals surface area contributed by atoms with Gasteiger partial charge in [0.1, 0.15) is 17.9 Å². The maximum Gasteiger partial charge on any atom is 0.250 e. The van der Waals surface area contributed by atoms with Crippen LogP contribution >= 0.6 is 0 Å². The van der Waals surface area contributed by atoms with Crippen LogP contribution < -0.4 is 4.90 Å². The third-order valence-electron chi connectivity index (χ3n) is 4.17. The molecule has 4 nitrogen and oxygen atoms in total. The molecule has 0 aromatic heterocycles. The Balaban J connectivity index is 2.03. The number of halogens is 1. The van der Waals surface area contributed by atoms with Crippen LogP contribution in [0.3, 0.4) is 0 Å². The van der Waals surface area contributed by atoms with E-state index in [9.17, 15) is 14.0 Å². The van der Waals surface area contributed by atoms with E-state index in [1.54, 1.807) is 30.9 Å². The van der Waals surface area contributed by atoms with Crippen molar-refractivity contribution in [1.82, 2.24) is 4.90 Å². The molecule has 20 heavy (non-hydrogen) atoms. The van der Waals surface area contributed by atoms with Crippen molar-refractivity contribution in [3.8, 4) is 0 Å². The Morgan fingerprint density at radius 2 is 2.00 bits per heavy atom. The fraction of sp³-hybridized carbons (Fsp3) is 0.467. The van der Waals surface area contributed by atoms with Gasteiger partial charge < -0.3 is 4.90 Å². The van der Waals surface area contributed by atoms with Gasteiger partial charge in [0.25, 0.3) is 5.91 Å². The summed E-state index contributed by atoms with van der Waals surface area (Å²) in [5.41, 5.74) is 0.991. The summed E-state index contributed by atoms with van der Waals surface area (Å²) in [7, 11) is 0. The van der Waals surface area contributed by atoms with Crippen LogP contribution in [0.1, 0.15) is 25.3 Å². The molecular formula is C15H17FN2O2. The van der Waals surface area contributed by atoms with Gasteiger partial charge in [-0.2, -0.15) is 0 Å². The fourth-order valence-electron chi connectivity index (χ4n) is 3.12. The maximum absolute atomic E-state index is 14.1. The van der Waals surface area contributed by atoms with E-state index in [4.69, 9.17) is 0 Å². The number of rotatable bonds is 1. The zero-order valence-corrected chi connectivity index (χ0v) is 11.6. The van der Waals surface area contributed by atoms with Crippen molar-refractivity contribution in [3.63, 3.8) is 0 Å². The fourth-order valence-corrected chi connectivity index (χ4v) is 3.12. The number of anilines is 1. The van der Waals surface area contributed by atoms with Gasteiger partial charge in [0, 0.05) is 6.54 Å². The van der Waals surface area contributed by atoms with E-state index in [1.807, 2.05) is 0 Å². The number of fused-ring (bicyclic) bond motifs is 1. The monoisotopic (exact) mass is 276 g/mol. The molecule has 2 aliphatic rings. The third kappa shape index (κ3) is 1.80. The number of carbonyl (C=O) groups excluding carboxylic acids is 2. The molecule has 2 fully saturated rings. The van der Waals surface area contributed by atoms with Crippen LogP contribution in [-0.4, -0.2) is 35.3 Å². The average Bonchev–Trinajstić information content (AvgIpc) is 2.88. The molecule has 2 amide bonds. The summed E-state index contributed by atoms with van der Waals surface area (Å²) in [5.74, 6) is -0.714. The number of hydrogen-bond donors (Lipinski definition) is 0. The summed E-state index contributed by atoms with van der Waals surface area (Å²) in [5, 5.41) is 0. The Kier molecular flexibility index (Phi) is 3.00. The number of amides is 2. The molecule has 5 heteroatoms. The van der Waals surface area contributed by atoms with Crippen molar-refractivity contribution in [2.75, 3.05) is 11.4 Å². The molecule has 3 rings (SSSR count). The van der Waals surface area contributed by atoms with E-state index in [-0.39, 0.29) is 17.5 Å². The number of aryl methyl sites for hydroxylation is 1. The van der Waals surface area contributed by atoms with E-state index in [1.165, 1.54) is 11.0 Å². The first-order chi connectivity index (χ1) is 9.50. The van der Waals surface area contributed by atoms with Gasteiger partial charge in [-0.15, -0.1) is 0 Å². The minimum atomic E-state index is -0.644. The molecule has 0 aliphatic carbocycles. The molecule has 0 N–H and O–H groups in total. The first-order valence-electron chi connectivity index (χ1n) is 6.90. The van der Waals surface area contributed by atoms with E-state index < -0.39 is 17.9 Å². The van der Waals surface area contributed by atoms with Crippen LogP contribution in [0.15, 0.2) is 18.2 Å². The Labute approximate surface area is 117 Å². The van der Waals surface area contributed by atoms with Crippen LogP contribution in [-0.2, 0) is 9.59 Å². The Bertz CT molecular complexity index is 587. The Morgan fingerprint density at radius 1 is 1.25 bits per heavy atom. The van der Waals surface area contributed by atoms with Crippen molar-refractivity contribution in [2.24, 2.45) is 0 Å². The number of hydrogen-bond acceptors (Lipinski definition) is 2. The normalized spacial score (nSPS) is 26.1. The van der Waals surface area contributed by atoms with Gasteiger partial charge >= 0.3 is 0 Å². The standard InChI is InChI=1S/C15H17FN2O2/c1-9-5-6-12(11(16)8-9)18-10(2)14(19)17-7-3-4-13(17)15(18)20/h5-6,8,10,13H,3-4,7H2,1-2H3. The van der Waals surface area contributed by atoms with Crippen molar-refractivity contribution in [1.29, 1.82) is 0 Å². The summed E-state index contributed by atoms with van der Waals surface area (Å²) in [4.78, 5) is 27.8. The molecule has 2 saturated heterocycles. The summed E-state index contributed by atoms with van der Waals surface area (Å²) in [6.07, 6.45) is 1.50. The van der Waals surface area contributed by atoms with Crippen molar-refractivity contribution in [2.45, 2.75) is 38.8 Å². The molecule has 0 radical (unpaired) electrons. The lowest BCUT2D eigenvalue weighted by atomic mass is 10.0. The topological polar surface area (TPSA) is 40.6 Å². The SMILES string of the molecule is Cc1ccc(N2C(=O)C3CCCN3C(=O)C2C)c(F)c1. The van der Waals surface area contributed by atoms with Gasteiger partial charge in [0.2, 0.25) is 5.91 Å². The van der Waals surface area contributed by atoms with E-state index in [2.05, 4.69) is 0 Å². The first-order valence-corrected chi connectivity index (χ1v) is 6.90. The highest BCUT2D eigenvalue weighted by atomic mass is 19.1. The molecule has 0 bridgehead atoms. The molecule has 0 spiro atoms. The largest absolute Gasteiger partial charge is 0.329 e. The molecule has 2 heterocycles. The molecular weight excluding hydrogens is 259 g/mol. The molecule has 106 valence electrons. The lowest BCUT2D eigenvalue weighted by molar-refractivity contribution is -0.143. The van der Waals surface area contributed by atoms with Crippen LogP contribution in [0.2, 0.25) is 0 Å². The zero-order valence-electron chi connectivity index (χ0n) is 11.6. The maximum atomic E-state index is 14.1. The Morgan fingerprint density at radius 3 is 2.70 bits per heavy atom. The van der Waals surface area contributed by atoms with Crippen molar-refractivity contribution < 1.29 is 14.0 Å². The number of benzene rings is 1. The van der Waals surface area contributed by atoms with E-state index in [0.29, 0.717) is 13.0 Å². The highest BCUT2D eigenvalue weighted by molar-refractivity contribution is 6.08. The summed E-state index contributed by atoms with van der Waals surface area (Å²) >= 11 is 0. The first kappa shape index (κ1) is 13.1.